The van der Waals surface area contributed by atoms with Crippen LogP contribution in [0.1, 0.15) is 31.4 Å². The Labute approximate surface area is 171 Å². The summed E-state index contributed by atoms with van der Waals surface area (Å²) >= 11 is 0. The molecule has 150 valence electrons. The Morgan fingerprint density at radius 1 is 1.36 bits per heavy atom. The maximum atomic E-state index is 12.7. The monoisotopic (exact) mass is 403 g/mol. The number of nitrogens with zero attached hydrogens (tertiary/aromatic N) is 1. The van der Waals surface area contributed by atoms with E-state index in [0.717, 1.165) is 35.3 Å². The Morgan fingerprint density at radius 2 is 2.11 bits per heavy atom. The van der Waals surface area contributed by atoms with Crippen molar-refractivity contribution in [1.29, 1.82) is 0 Å². The summed E-state index contributed by atoms with van der Waals surface area (Å²) in [5.74, 6) is 0.482. The van der Waals surface area contributed by atoms with Gasteiger partial charge in [0.15, 0.2) is 6.17 Å². The maximum Gasteiger partial charge on any atom is 0.417 e. The second-order valence-corrected chi connectivity index (χ2v) is 7.84. The normalized spacial score (nSPS) is 27.2. The van der Waals surface area contributed by atoms with E-state index >= 15 is 0 Å². The number of hydrogen-bond donors (Lipinski definition) is 2. The number of ether oxygens (including phenoxy) is 1. The number of hydroxylamine groups is 3. The first-order valence-electron chi connectivity index (χ1n) is 9.37. The molecule has 0 aromatic heterocycles. The predicted molar refractivity (Wildman–Crippen MR) is 113 cm³/mol. The minimum absolute atomic E-state index is 0. The van der Waals surface area contributed by atoms with Gasteiger partial charge in [-0.15, -0.1) is 12.4 Å². The number of quaternary nitrogens is 1. The molecule has 0 spiro atoms. The molecule has 2 N–H and O–H groups in total. The molecule has 1 amide bonds. The smallest absolute Gasteiger partial charge is 0.417 e. The van der Waals surface area contributed by atoms with Crippen LogP contribution in [0.25, 0.3) is 0 Å². The summed E-state index contributed by atoms with van der Waals surface area (Å²) in [4.78, 5) is 12.4. The predicted octanol–water partition coefficient (Wildman–Crippen LogP) is 4.64. The number of fused-ring (bicyclic) bond motifs is 3. The van der Waals surface area contributed by atoms with Gasteiger partial charge in [-0.05, 0) is 48.7 Å². The van der Waals surface area contributed by atoms with Crippen LogP contribution in [0.3, 0.4) is 0 Å². The van der Waals surface area contributed by atoms with Gasteiger partial charge in [-0.25, -0.2) is 4.79 Å². The fraction of sp³-hybridized carbons (Fsp3) is 0.381. The van der Waals surface area contributed by atoms with Gasteiger partial charge in [0.05, 0.1) is 19.0 Å². The first-order chi connectivity index (χ1) is 12.8. The summed E-state index contributed by atoms with van der Waals surface area (Å²) in [5, 5.41) is 18.9. The molecule has 3 atom stereocenters. The average Bonchev–Trinajstić information content (AvgIpc) is 3.06. The molecule has 0 bridgehead atoms. The lowest BCUT2D eigenvalue weighted by Crippen LogP contribution is -2.50. The number of hydrogen-bond acceptors (Lipinski definition) is 4. The van der Waals surface area contributed by atoms with Crippen LogP contribution < -0.4 is 15.4 Å². The number of carbonyl (C=O) groups is 1. The van der Waals surface area contributed by atoms with E-state index in [1.807, 2.05) is 43.3 Å². The van der Waals surface area contributed by atoms with E-state index in [9.17, 15) is 10.0 Å². The molecule has 0 radical (unpaired) electrons. The van der Waals surface area contributed by atoms with Crippen LogP contribution in [-0.2, 0) is 11.8 Å². The number of amides is 1. The summed E-state index contributed by atoms with van der Waals surface area (Å²) in [6.07, 6.45) is 0.914. The molecular weight excluding hydrogens is 378 g/mol. The fourth-order valence-electron chi connectivity index (χ4n) is 4.43. The molecule has 7 heteroatoms. The molecule has 4 rings (SSSR count). The lowest BCUT2D eigenvalue weighted by atomic mass is 9.81. The van der Waals surface area contributed by atoms with E-state index < -0.39 is 6.09 Å². The minimum Gasteiger partial charge on any atom is -0.631 e. The maximum absolute atomic E-state index is 12.7. The van der Waals surface area contributed by atoms with Crippen molar-refractivity contribution in [2.45, 2.75) is 38.3 Å². The number of nitrogens with one attached hydrogen (secondary N) is 2. The summed E-state index contributed by atoms with van der Waals surface area (Å²) in [6.45, 7) is 4.73. The van der Waals surface area contributed by atoms with Crippen molar-refractivity contribution in [2.75, 3.05) is 24.2 Å². The van der Waals surface area contributed by atoms with Crippen molar-refractivity contribution < 1.29 is 14.2 Å². The molecule has 0 saturated carbocycles. The van der Waals surface area contributed by atoms with Crippen LogP contribution in [0.2, 0.25) is 0 Å². The van der Waals surface area contributed by atoms with E-state index in [4.69, 9.17) is 4.74 Å². The van der Waals surface area contributed by atoms with Crippen molar-refractivity contribution in [3.8, 4) is 5.75 Å². The highest BCUT2D eigenvalue weighted by Gasteiger charge is 2.55. The number of carbonyl (C=O) groups excluding carboxylic acids is 1. The van der Waals surface area contributed by atoms with Crippen LogP contribution in [0.4, 0.5) is 16.2 Å². The van der Waals surface area contributed by atoms with Gasteiger partial charge >= 0.3 is 6.09 Å². The van der Waals surface area contributed by atoms with E-state index in [0.29, 0.717) is 12.3 Å². The highest BCUT2D eigenvalue weighted by Crippen LogP contribution is 2.51. The number of halogens is 1. The first kappa shape index (κ1) is 20.5. The van der Waals surface area contributed by atoms with Crippen molar-refractivity contribution in [3.63, 3.8) is 0 Å². The quantitative estimate of drug-likeness (QED) is 0.578. The van der Waals surface area contributed by atoms with Gasteiger partial charge in [0.1, 0.15) is 5.75 Å². The Hall–Kier alpha value is -2.28. The molecule has 2 heterocycles. The Bertz CT molecular complexity index is 902. The molecule has 2 aromatic carbocycles. The zero-order valence-electron chi connectivity index (χ0n) is 16.3. The van der Waals surface area contributed by atoms with Crippen LogP contribution in [0, 0.1) is 5.21 Å². The Kier molecular flexibility index (Phi) is 5.32. The Balaban J connectivity index is 0.00000225. The van der Waals surface area contributed by atoms with Crippen LogP contribution in [-0.4, -0.2) is 30.5 Å². The van der Waals surface area contributed by atoms with Gasteiger partial charge in [0, 0.05) is 17.8 Å². The number of rotatable bonds is 3. The first-order valence-corrected chi connectivity index (χ1v) is 9.37. The minimum atomic E-state index is -0.514. The van der Waals surface area contributed by atoms with Gasteiger partial charge in [-0.1, -0.05) is 25.1 Å². The third-order valence-electron chi connectivity index (χ3n) is 5.97. The van der Waals surface area contributed by atoms with Gasteiger partial charge in [-0.2, -0.15) is 0 Å². The SMILES string of the molecule is CCc1ccccc1NC(=O)Oc1ccc2c(c1)C1(C)CC[N+](C)([O-])C1N2.Cl. The molecule has 0 aliphatic carbocycles. The third-order valence-corrected chi connectivity index (χ3v) is 5.97. The number of benzene rings is 2. The van der Waals surface area contributed by atoms with Crippen molar-refractivity contribution in [3.05, 3.63) is 58.8 Å². The van der Waals surface area contributed by atoms with E-state index in [-0.39, 0.29) is 28.6 Å². The topological polar surface area (TPSA) is 73.4 Å². The zero-order chi connectivity index (χ0) is 19.2. The third kappa shape index (κ3) is 3.32. The molecule has 1 saturated heterocycles. The standard InChI is InChI=1S/C21H25N3O3.ClH/c1-4-14-7-5-6-8-17(14)23-20(25)27-15-9-10-18-16(13-15)21(2)11-12-24(3,26)19(21)22-18;/h5-10,13,19,22H,4,11-12H2,1-3H3,(H,23,25);1H. The molecule has 2 aromatic rings. The molecule has 2 aliphatic rings. The number of likely N-dealkylation sites (tertiary alicyclic amines) is 1. The molecular formula is C21H26ClN3O3. The zero-order valence-corrected chi connectivity index (χ0v) is 17.1. The summed E-state index contributed by atoms with van der Waals surface area (Å²) in [5.41, 5.74) is 3.56. The second kappa shape index (κ2) is 7.28. The van der Waals surface area contributed by atoms with Crippen molar-refractivity contribution >= 4 is 29.9 Å². The van der Waals surface area contributed by atoms with Crippen molar-refractivity contribution in [2.24, 2.45) is 0 Å². The lowest BCUT2D eigenvalue weighted by Gasteiger charge is -2.41. The van der Waals surface area contributed by atoms with Gasteiger partial charge < -0.3 is 19.9 Å². The number of likely N-dealkylation sites (N-methyl/N-ethyl adjacent to an activating group) is 1. The number of anilines is 2. The highest BCUT2D eigenvalue weighted by atomic mass is 35.5. The Morgan fingerprint density at radius 3 is 2.86 bits per heavy atom. The van der Waals surface area contributed by atoms with Crippen LogP contribution in [0.15, 0.2) is 42.5 Å². The van der Waals surface area contributed by atoms with E-state index in [1.54, 1.807) is 13.1 Å². The van der Waals surface area contributed by atoms with Crippen molar-refractivity contribution in [1.82, 2.24) is 0 Å². The lowest BCUT2D eigenvalue weighted by molar-refractivity contribution is -0.870. The number of aryl methyl sites for hydroxylation is 1. The fourth-order valence-corrected chi connectivity index (χ4v) is 4.43. The van der Waals surface area contributed by atoms with Crippen LogP contribution in [0.5, 0.6) is 5.75 Å². The largest absolute Gasteiger partial charge is 0.631 e. The molecule has 1 fully saturated rings. The summed E-state index contributed by atoms with van der Waals surface area (Å²) in [7, 11) is 1.71. The highest BCUT2D eigenvalue weighted by molar-refractivity contribution is 5.87. The van der Waals surface area contributed by atoms with Gasteiger partial charge in [0.25, 0.3) is 0 Å². The molecule has 28 heavy (non-hydrogen) atoms. The number of para-hydroxylation sites is 1. The van der Waals surface area contributed by atoms with E-state index in [1.165, 1.54) is 0 Å². The molecule has 2 aliphatic heterocycles. The van der Waals surface area contributed by atoms with Gasteiger partial charge in [0.2, 0.25) is 0 Å². The molecule has 3 unspecified atom stereocenters. The van der Waals surface area contributed by atoms with Gasteiger partial charge in [-0.3, -0.25) is 5.32 Å². The van der Waals surface area contributed by atoms with Crippen LogP contribution >= 0.6 is 12.4 Å². The summed E-state index contributed by atoms with van der Waals surface area (Å²) in [6, 6.07) is 13.2. The summed E-state index contributed by atoms with van der Waals surface area (Å²) < 4.78 is 5.23. The second-order valence-electron chi connectivity index (χ2n) is 7.84. The average molecular weight is 404 g/mol. The van der Waals surface area contributed by atoms with E-state index in [2.05, 4.69) is 17.6 Å². The molecule has 6 nitrogen and oxygen atoms in total.